The summed E-state index contributed by atoms with van der Waals surface area (Å²) < 4.78 is 24.1. The predicted octanol–water partition coefficient (Wildman–Crippen LogP) is 0.886. The Balaban J connectivity index is 3.05. The van der Waals surface area contributed by atoms with Gasteiger partial charge in [0.25, 0.3) is 0 Å². The summed E-state index contributed by atoms with van der Waals surface area (Å²) in [5.74, 6) is -0.479. The molecule has 0 heterocycles. The van der Waals surface area contributed by atoms with Gasteiger partial charge in [0, 0.05) is 5.56 Å². The van der Waals surface area contributed by atoms with Crippen molar-refractivity contribution in [2.45, 2.75) is 0 Å². The number of anilines is 1. The maximum absolute atomic E-state index is 11.1. The highest BCUT2D eigenvalue weighted by Crippen LogP contribution is 2.23. The molecule has 1 aromatic rings. The average Bonchev–Trinajstić information content (AvgIpc) is 2.18. The van der Waals surface area contributed by atoms with Gasteiger partial charge in [0.2, 0.25) is 10.0 Å². The zero-order valence-corrected chi connectivity index (χ0v) is 9.97. The van der Waals surface area contributed by atoms with Crippen LogP contribution in [0.15, 0.2) is 18.2 Å². The van der Waals surface area contributed by atoms with Crippen LogP contribution in [0.1, 0.15) is 10.4 Å². The monoisotopic (exact) mass is 263 g/mol. The van der Waals surface area contributed by atoms with E-state index in [-0.39, 0.29) is 16.3 Å². The Morgan fingerprint density at radius 3 is 2.56 bits per heavy atom. The summed E-state index contributed by atoms with van der Waals surface area (Å²) >= 11 is 5.78. The third kappa shape index (κ3) is 3.48. The van der Waals surface area contributed by atoms with Crippen molar-refractivity contribution >= 4 is 33.1 Å². The van der Waals surface area contributed by atoms with Crippen LogP contribution < -0.4 is 4.72 Å². The molecule has 0 radical (unpaired) electrons. The second-order valence-corrected chi connectivity index (χ2v) is 5.31. The van der Waals surface area contributed by atoms with Crippen molar-refractivity contribution in [1.29, 1.82) is 0 Å². The van der Waals surface area contributed by atoms with Crippen molar-refractivity contribution in [3.63, 3.8) is 0 Å². The number of ketones is 1. The van der Waals surface area contributed by atoms with Crippen LogP contribution in [0.25, 0.3) is 0 Å². The summed E-state index contributed by atoms with van der Waals surface area (Å²) in [6.07, 6.45) is 0.996. The lowest BCUT2D eigenvalue weighted by Crippen LogP contribution is -2.10. The number of aliphatic hydroxyl groups excluding tert-OH is 1. The molecule has 0 unspecified atom stereocenters. The minimum absolute atomic E-state index is 0.102. The van der Waals surface area contributed by atoms with Gasteiger partial charge in [0.05, 0.1) is 17.0 Å². The molecule has 0 saturated heterocycles. The van der Waals surface area contributed by atoms with Crippen LogP contribution in [0.4, 0.5) is 5.69 Å². The molecule has 0 amide bonds. The van der Waals surface area contributed by atoms with E-state index < -0.39 is 22.4 Å². The number of Topliss-reactive ketones (excluding diaryl/α,β-unsaturated/α-hetero) is 1. The smallest absolute Gasteiger partial charge is 0.229 e. The first-order valence-corrected chi connectivity index (χ1v) is 6.52. The summed E-state index contributed by atoms with van der Waals surface area (Å²) in [4.78, 5) is 11.1. The number of benzene rings is 1. The van der Waals surface area contributed by atoms with Crippen molar-refractivity contribution in [3.8, 4) is 0 Å². The van der Waals surface area contributed by atoms with Crippen molar-refractivity contribution in [2.75, 3.05) is 17.6 Å². The number of hydrogen-bond acceptors (Lipinski definition) is 4. The molecule has 16 heavy (non-hydrogen) atoms. The van der Waals surface area contributed by atoms with E-state index in [9.17, 15) is 13.2 Å². The molecule has 0 aromatic heterocycles. The van der Waals surface area contributed by atoms with Gasteiger partial charge in [-0.1, -0.05) is 11.6 Å². The lowest BCUT2D eigenvalue weighted by molar-refractivity contribution is 0.0904. The van der Waals surface area contributed by atoms with Crippen molar-refractivity contribution in [2.24, 2.45) is 0 Å². The number of sulfonamides is 1. The first-order chi connectivity index (χ1) is 7.33. The number of halogens is 1. The number of carbonyl (C=O) groups excluding carboxylic acids is 1. The molecular formula is C9H10ClNO4S. The number of rotatable bonds is 4. The highest BCUT2D eigenvalue weighted by Gasteiger charge is 2.10. The molecular weight excluding hydrogens is 254 g/mol. The van der Waals surface area contributed by atoms with Crippen LogP contribution in [0.3, 0.4) is 0 Å². The van der Waals surface area contributed by atoms with E-state index in [4.69, 9.17) is 16.7 Å². The first-order valence-electron chi connectivity index (χ1n) is 4.25. The van der Waals surface area contributed by atoms with E-state index >= 15 is 0 Å². The zero-order valence-electron chi connectivity index (χ0n) is 8.40. The molecule has 5 nitrogen and oxygen atoms in total. The van der Waals surface area contributed by atoms with Gasteiger partial charge in [-0.05, 0) is 18.2 Å². The first kappa shape index (κ1) is 13.0. The topological polar surface area (TPSA) is 83.5 Å². The molecule has 0 aliphatic carbocycles. The molecule has 0 bridgehead atoms. The Morgan fingerprint density at radius 2 is 2.12 bits per heavy atom. The second-order valence-electron chi connectivity index (χ2n) is 3.15. The quantitative estimate of drug-likeness (QED) is 0.790. The number of aliphatic hydroxyl groups is 1. The predicted molar refractivity (Wildman–Crippen MR) is 61.3 cm³/mol. The molecule has 0 spiro atoms. The minimum Gasteiger partial charge on any atom is -0.388 e. The third-order valence-corrected chi connectivity index (χ3v) is 2.63. The fraction of sp³-hybridized carbons (Fsp3) is 0.222. The van der Waals surface area contributed by atoms with Crippen molar-refractivity contribution < 1.29 is 18.3 Å². The largest absolute Gasteiger partial charge is 0.388 e. The van der Waals surface area contributed by atoms with Gasteiger partial charge >= 0.3 is 0 Å². The van der Waals surface area contributed by atoms with E-state index in [0.717, 1.165) is 6.26 Å². The molecule has 1 aromatic carbocycles. The van der Waals surface area contributed by atoms with Gasteiger partial charge in [0.15, 0.2) is 5.78 Å². The Labute approximate surface area is 98.1 Å². The van der Waals surface area contributed by atoms with Crippen molar-refractivity contribution in [1.82, 2.24) is 0 Å². The molecule has 88 valence electrons. The Kier molecular flexibility index (Phi) is 3.90. The maximum Gasteiger partial charge on any atom is 0.229 e. The molecule has 2 N–H and O–H groups in total. The Bertz CT molecular complexity index is 512. The van der Waals surface area contributed by atoms with Gasteiger partial charge in [-0.15, -0.1) is 0 Å². The fourth-order valence-corrected chi connectivity index (χ4v) is 1.92. The van der Waals surface area contributed by atoms with E-state index in [2.05, 4.69) is 4.72 Å². The van der Waals surface area contributed by atoms with Crippen LogP contribution in [-0.4, -0.2) is 32.2 Å². The van der Waals surface area contributed by atoms with Crippen LogP contribution in [-0.2, 0) is 10.0 Å². The standard InChI is InChI=1S/C9H10ClNO4S/c1-16(14,15)11-8-3-2-6(4-7(8)10)9(13)5-12/h2-4,11-12H,5H2,1H3. The summed E-state index contributed by atoms with van der Waals surface area (Å²) in [6, 6.07) is 4.05. The van der Waals surface area contributed by atoms with Gasteiger partial charge in [-0.25, -0.2) is 8.42 Å². The van der Waals surface area contributed by atoms with Crippen molar-refractivity contribution in [3.05, 3.63) is 28.8 Å². The second kappa shape index (κ2) is 4.82. The highest BCUT2D eigenvalue weighted by atomic mass is 35.5. The number of carbonyl (C=O) groups is 1. The average molecular weight is 264 g/mol. The van der Waals surface area contributed by atoms with E-state index in [1.807, 2.05) is 0 Å². The van der Waals surface area contributed by atoms with Gasteiger partial charge in [0.1, 0.15) is 6.61 Å². The lowest BCUT2D eigenvalue weighted by atomic mass is 10.1. The van der Waals surface area contributed by atoms with Crippen LogP contribution in [0, 0.1) is 0 Å². The molecule has 0 aliphatic heterocycles. The van der Waals surface area contributed by atoms with E-state index in [1.165, 1.54) is 18.2 Å². The normalized spacial score (nSPS) is 11.2. The highest BCUT2D eigenvalue weighted by molar-refractivity contribution is 7.92. The summed E-state index contributed by atoms with van der Waals surface area (Å²) in [7, 11) is -3.41. The number of nitrogens with one attached hydrogen (secondary N) is 1. The Hall–Kier alpha value is -1.11. The lowest BCUT2D eigenvalue weighted by Gasteiger charge is -2.07. The summed E-state index contributed by atoms with van der Waals surface area (Å²) in [6.45, 7) is -0.616. The zero-order chi connectivity index (χ0) is 12.3. The van der Waals surface area contributed by atoms with E-state index in [0.29, 0.717) is 0 Å². The molecule has 7 heteroatoms. The molecule has 0 atom stereocenters. The molecule has 1 rings (SSSR count). The Morgan fingerprint density at radius 1 is 1.50 bits per heavy atom. The third-order valence-electron chi connectivity index (χ3n) is 1.73. The maximum atomic E-state index is 11.1. The molecule has 0 saturated carbocycles. The molecule has 0 aliphatic rings. The molecule has 0 fully saturated rings. The fourth-order valence-electron chi connectivity index (χ4n) is 1.06. The number of hydrogen-bond donors (Lipinski definition) is 2. The van der Waals surface area contributed by atoms with Gasteiger partial charge in [-0.2, -0.15) is 0 Å². The van der Waals surface area contributed by atoms with Crippen LogP contribution in [0.2, 0.25) is 5.02 Å². The van der Waals surface area contributed by atoms with E-state index in [1.54, 1.807) is 0 Å². The SMILES string of the molecule is CS(=O)(=O)Nc1ccc(C(=O)CO)cc1Cl. The van der Waals surface area contributed by atoms with Gasteiger partial charge in [-0.3, -0.25) is 9.52 Å². The summed E-state index contributed by atoms with van der Waals surface area (Å²) in [5.41, 5.74) is 0.421. The summed E-state index contributed by atoms with van der Waals surface area (Å²) in [5, 5.41) is 8.73. The van der Waals surface area contributed by atoms with Gasteiger partial charge < -0.3 is 5.11 Å². The minimum atomic E-state index is -3.41. The van der Waals surface area contributed by atoms with Crippen LogP contribution >= 0.6 is 11.6 Å². The van der Waals surface area contributed by atoms with Crippen LogP contribution in [0.5, 0.6) is 0 Å².